The molecule has 0 amide bonds. The van der Waals surface area contributed by atoms with Gasteiger partial charge in [0.25, 0.3) is 0 Å². The van der Waals surface area contributed by atoms with Gasteiger partial charge in [-0.3, -0.25) is 4.79 Å². The highest BCUT2D eigenvalue weighted by molar-refractivity contribution is 5.76. The van der Waals surface area contributed by atoms with Crippen molar-refractivity contribution in [1.29, 1.82) is 0 Å². The highest BCUT2D eigenvalue weighted by Gasteiger charge is 2.01. The number of phenols is 1. The molecule has 0 heterocycles. The fraction of sp³-hybridized carbons (Fsp3) is 0.100. The molecule has 3 heteroatoms. The molecule has 0 saturated carbocycles. The molecule has 66 valence electrons. The van der Waals surface area contributed by atoms with Gasteiger partial charge in [-0.2, -0.15) is 0 Å². The summed E-state index contributed by atoms with van der Waals surface area (Å²) in [5.74, 6) is 2.47. The molecular formula is C10H8O3. The second-order valence-corrected chi connectivity index (χ2v) is 2.34. The molecule has 0 fully saturated rings. The molecule has 0 spiro atoms. The number of hydrogen-bond acceptors (Lipinski definition) is 3. The minimum atomic E-state index is -0.0835. The SMILES string of the molecule is C#CCOc1ccc(C=O)cc1O. The Hall–Kier alpha value is -1.95. The number of aldehydes is 1. The highest BCUT2D eigenvalue weighted by Crippen LogP contribution is 2.25. The fourth-order valence-corrected chi connectivity index (χ4v) is 0.849. The molecule has 1 rings (SSSR count). The van der Waals surface area contributed by atoms with E-state index < -0.39 is 0 Å². The third-order valence-corrected chi connectivity index (χ3v) is 1.43. The molecule has 1 N–H and O–H groups in total. The number of carbonyl (C=O) groups excluding carboxylic acids is 1. The van der Waals surface area contributed by atoms with Gasteiger partial charge in [-0.15, -0.1) is 6.42 Å². The lowest BCUT2D eigenvalue weighted by Crippen LogP contribution is -1.94. The summed E-state index contributed by atoms with van der Waals surface area (Å²) in [5.41, 5.74) is 0.394. The zero-order valence-electron chi connectivity index (χ0n) is 6.86. The van der Waals surface area contributed by atoms with Crippen LogP contribution in [0.4, 0.5) is 0 Å². The van der Waals surface area contributed by atoms with Crippen LogP contribution in [-0.2, 0) is 0 Å². The van der Waals surface area contributed by atoms with Crippen molar-refractivity contribution >= 4 is 6.29 Å². The maximum Gasteiger partial charge on any atom is 0.162 e. The molecule has 1 aromatic rings. The van der Waals surface area contributed by atoms with Crippen molar-refractivity contribution < 1.29 is 14.6 Å². The number of terminal acetylenes is 1. The van der Waals surface area contributed by atoms with Crippen LogP contribution in [0.3, 0.4) is 0 Å². The quantitative estimate of drug-likeness (QED) is 0.556. The van der Waals surface area contributed by atoms with Crippen LogP contribution in [0.1, 0.15) is 10.4 Å². The van der Waals surface area contributed by atoms with E-state index in [4.69, 9.17) is 11.2 Å². The van der Waals surface area contributed by atoms with Crippen molar-refractivity contribution in [1.82, 2.24) is 0 Å². The van der Waals surface area contributed by atoms with E-state index in [2.05, 4.69) is 5.92 Å². The number of aromatic hydroxyl groups is 1. The number of carbonyl (C=O) groups is 1. The van der Waals surface area contributed by atoms with E-state index in [1.165, 1.54) is 12.1 Å². The smallest absolute Gasteiger partial charge is 0.162 e. The molecule has 0 aliphatic heterocycles. The Labute approximate surface area is 76.0 Å². The summed E-state index contributed by atoms with van der Waals surface area (Å²) in [4.78, 5) is 10.3. The van der Waals surface area contributed by atoms with Gasteiger partial charge in [0.2, 0.25) is 0 Å². The molecule has 0 atom stereocenters. The fourth-order valence-electron chi connectivity index (χ4n) is 0.849. The second kappa shape index (κ2) is 4.17. The molecule has 0 bridgehead atoms. The van der Waals surface area contributed by atoms with Gasteiger partial charge in [0, 0.05) is 5.56 Å². The van der Waals surface area contributed by atoms with Crippen LogP contribution in [0.2, 0.25) is 0 Å². The lowest BCUT2D eigenvalue weighted by Gasteiger charge is -2.04. The predicted octanol–water partition coefficient (Wildman–Crippen LogP) is 1.22. The predicted molar refractivity (Wildman–Crippen MR) is 47.8 cm³/mol. The second-order valence-electron chi connectivity index (χ2n) is 2.34. The molecule has 1 aromatic carbocycles. The average Bonchev–Trinajstić information content (AvgIpc) is 2.16. The van der Waals surface area contributed by atoms with E-state index in [9.17, 15) is 9.90 Å². The van der Waals surface area contributed by atoms with Crippen molar-refractivity contribution in [2.45, 2.75) is 0 Å². The van der Waals surface area contributed by atoms with E-state index in [1.54, 1.807) is 6.07 Å². The van der Waals surface area contributed by atoms with Gasteiger partial charge in [0.1, 0.15) is 12.9 Å². The van der Waals surface area contributed by atoms with Gasteiger partial charge in [0.05, 0.1) is 0 Å². The number of benzene rings is 1. The lowest BCUT2D eigenvalue weighted by molar-refractivity contribution is 0.112. The van der Waals surface area contributed by atoms with Crippen molar-refractivity contribution in [2.75, 3.05) is 6.61 Å². The molecule has 0 aliphatic rings. The van der Waals surface area contributed by atoms with Gasteiger partial charge in [-0.05, 0) is 18.2 Å². The molecule has 3 nitrogen and oxygen atoms in total. The first-order chi connectivity index (χ1) is 6.27. The summed E-state index contributed by atoms with van der Waals surface area (Å²) in [6.07, 6.45) is 5.61. The molecule has 0 radical (unpaired) electrons. The summed E-state index contributed by atoms with van der Waals surface area (Å²) in [6, 6.07) is 4.35. The number of ether oxygens (including phenoxy) is 1. The van der Waals surface area contributed by atoms with Crippen LogP contribution in [0.15, 0.2) is 18.2 Å². The zero-order valence-corrected chi connectivity index (χ0v) is 6.86. The van der Waals surface area contributed by atoms with Crippen molar-refractivity contribution in [2.24, 2.45) is 0 Å². The first-order valence-electron chi connectivity index (χ1n) is 3.62. The van der Waals surface area contributed by atoms with Crippen LogP contribution < -0.4 is 4.74 Å². The van der Waals surface area contributed by atoms with Crippen molar-refractivity contribution in [3.05, 3.63) is 23.8 Å². The normalized spacial score (nSPS) is 8.85. The van der Waals surface area contributed by atoms with Gasteiger partial charge >= 0.3 is 0 Å². The third-order valence-electron chi connectivity index (χ3n) is 1.43. The summed E-state index contributed by atoms with van der Waals surface area (Å²) < 4.78 is 4.98. The van der Waals surface area contributed by atoms with Crippen LogP contribution >= 0.6 is 0 Å². The Morgan fingerprint density at radius 3 is 2.92 bits per heavy atom. The number of hydrogen-bond donors (Lipinski definition) is 1. The minimum Gasteiger partial charge on any atom is -0.504 e. The molecular weight excluding hydrogens is 168 g/mol. The maximum absolute atomic E-state index is 10.3. The van der Waals surface area contributed by atoms with E-state index in [0.717, 1.165) is 0 Å². The third kappa shape index (κ3) is 2.24. The Bertz CT molecular complexity index is 350. The zero-order chi connectivity index (χ0) is 9.68. The van der Waals surface area contributed by atoms with Gasteiger partial charge in [-0.1, -0.05) is 5.92 Å². The Balaban J connectivity index is 2.86. The van der Waals surface area contributed by atoms with E-state index in [0.29, 0.717) is 11.8 Å². The van der Waals surface area contributed by atoms with E-state index >= 15 is 0 Å². The monoisotopic (exact) mass is 176 g/mol. The van der Waals surface area contributed by atoms with E-state index in [-0.39, 0.29) is 18.1 Å². The first kappa shape index (κ1) is 9.14. The first-order valence-corrected chi connectivity index (χ1v) is 3.62. The van der Waals surface area contributed by atoms with Crippen LogP contribution in [0, 0.1) is 12.3 Å². The van der Waals surface area contributed by atoms with Gasteiger partial charge < -0.3 is 9.84 Å². The lowest BCUT2D eigenvalue weighted by atomic mass is 10.2. The summed E-state index contributed by atoms with van der Waals surface area (Å²) in [6.45, 7) is 0.0913. The standard InChI is InChI=1S/C10H8O3/c1-2-5-13-10-4-3-8(7-11)6-9(10)12/h1,3-4,6-7,12H,5H2. The Morgan fingerprint density at radius 2 is 2.38 bits per heavy atom. The van der Waals surface area contributed by atoms with Gasteiger partial charge in [0.15, 0.2) is 11.5 Å². The van der Waals surface area contributed by atoms with Crippen LogP contribution in [-0.4, -0.2) is 18.0 Å². The van der Waals surface area contributed by atoms with Crippen LogP contribution in [0.25, 0.3) is 0 Å². The topological polar surface area (TPSA) is 46.5 Å². The minimum absolute atomic E-state index is 0.0835. The Morgan fingerprint density at radius 1 is 1.62 bits per heavy atom. The Kier molecular flexibility index (Phi) is 2.93. The number of phenolic OH excluding ortho intramolecular Hbond substituents is 1. The molecule has 0 aliphatic carbocycles. The molecule has 0 saturated heterocycles. The van der Waals surface area contributed by atoms with Gasteiger partial charge in [-0.25, -0.2) is 0 Å². The van der Waals surface area contributed by atoms with Crippen LogP contribution in [0.5, 0.6) is 11.5 Å². The van der Waals surface area contributed by atoms with Crippen molar-refractivity contribution in [3.8, 4) is 23.8 Å². The summed E-state index contributed by atoms with van der Waals surface area (Å²) in [5, 5.41) is 9.30. The summed E-state index contributed by atoms with van der Waals surface area (Å²) >= 11 is 0. The highest BCUT2D eigenvalue weighted by atomic mass is 16.5. The maximum atomic E-state index is 10.3. The largest absolute Gasteiger partial charge is 0.504 e. The molecule has 13 heavy (non-hydrogen) atoms. The van der Waals surface area contributed by atoms with E-state index in [1.807, 2.05) is 0 Å². The number of rotatable bonds is 3. The molecule has 0 unspecified atom stereocenters. The molecule has 0 aromatic heterocycles. The average molecular weight is 176 g/mol. The summed E-state index contributed by atoms with van der Waals surface area (Å²) in [7, 11) is 0. The van der Waals surface area contributed by atoms with Crippen molar-refractivity contribution in [3.63, 3.8) is 0 Å².